The molecule has 1 rings (SSSR count). The topological polar surface area (TPSA) is 73.1 Å². The highest BCUT2D eigenvalue weighted by Crippen LogP contribution is 2.14. The second kappa shape index (κ2) is 5.71. The van der Waals surface area contributed by atoms with Crippen LogP contribution >= 0.6 is 0 Å². The van der Waals surface area contributed by atoms with Crippen LogP contribution in [0.3, 0.4) is 0 Å². The zero-order valence-corrected chi connectivity index (χ0v) is 9.77. The third-order valence-corrected chi connectivity index (χ3v) is 1.97. The Hall–Kier alpha value is -2.28. The van der Waals surface area contributed by atoms with E-state index < -0.39 is 5.91 Å². The number of carbonyl (C=O) groups is 1. The van der Waals surface area contributed by atoms with Gasteiger partial charge in [-0.05, 0) is 37.6 Å². The summed E-state index contributed by atoms with van der Waals surface area (Å²) in [6, 6.07) is 8.19. The molecule has 0 radical (unpaired) electrons. The van der Waals surface area contributed by atoms with Crippen LogP contribution in [-0.4, -0.2) is 17.1 Å². The van der Waals surface area contributed by atoms with Gasteiger partial charge in [-0.15, -0.1) is 0 Å². The van der Waals surface area contributed by atoms with E-state index in [1.165, 1.54) is 18.2 Å². The highest BCUT2D eigenvalue weighted by molar-refractivity contribution is 6.01. The molecule has 1 aromatic carbocycles. The lowest BCUT2D eigenvalue weighted by molar-refractivity contribution is -0.117. The summed E-state index contributed by atoms with van der Waals surface area (Å²) in [5.41, 5.74) is 0.629. The average molecular weight is 230 g/mol. The van der Waals surface area contributed by atoms with Crippen LogP contribution in [0.25, 0.3) is 6.08 Å². The zero-order valence-electron chi connectivity index (χ0n) is 9.77. The van der Waals surface area contributed by atoms with Crippen LogP contribution in [0.2, 0.25) is 0 Å². The van der Waals surface area contributed by atoms with E-state index >= 15 is 0 Å². The maximum atomic E-state index is 11.6. The van der Waals surface area contributed by atoms with Gasteiger partial charge < -0.3 is 10.4 Å². The molecule has 4 heteroatoms. The van der Waals surface area contributed by atoms with E-state index in [0.717, 1.165) is 0 Å². The number of carbonyl (C=O) groups excluding carboxylic acids is 1. The van der Waals surface area contributed by atoms with E-state index in [0.29, 0.717) is 5.56 Å². The van der Waals surface area contributed by atoms with Gasteiger partial charge in [0.05, 0.1) is 0 Å². The molecule has 1 amide bonds. The summed E-state index contributed by atoms with van der Waals surface area (Å²) in [4.78, 5) is 11.6. The van der Waals surface area contributed by atoms with Crippen molar-refractivity contribution in [3.63, 3.8) is 0 Å². The normalized spacial score (nSPS) is 11.1. The Morgan fingerprint density at radius 3 is 2.76 bits per heavy atom. The summed E-state index contributed by atoms with van der Waals surface area (Å²) in [5.74, 6) is -0.314. The van der Waals surface area contributed by atoms with Gasteiger partial charge in [0.15, 0.2) is 0 Å². The Balaban J connectivity index is 2.95. The third kappa shape index (κ3) is 3.99. The molecule has 0 saturated heterocycles. The van der Waals surface area contributed by atoms with Gasteiger partial charge in [-0.1, -0.05) is 12.1 Å². The van der Waals surface area contributed by atoms with Crippen molar-refractivity contribution in [2.75, 3.05) is 0 Å². The molecule has 0 spiro atoms. The van der Waals surface area contributed by atoms with Gasteiger partial charge >= 0.3 is 0 Å². The predicted octanol–water partition coefficient (Wildman–Crippen LogP) is 1.82. The lowest BCUT2D eigenvalue weighted by Crippen LogP contribution is -2.30. The van der Waals surface area contributed by atoms with Gasteiger partial charge in [-0.3, -0.25) is 4.79 Å². The largest absolute Gasteiger partial charge is 0.508 e. The molecule has 88 valence electrons. The molecule has 0 aromatic heterocycles. The van der Waals surface area contributed by atoms with Gasteiger partial charge in [0.1, 0.15) is 17.4 Å². The molecule has 0 bridgehead atoms. The number of rotatable bonds is 3. The smallest absolute Gasteiger partial charge is 0.262 e. The molecule has 17 heavy (non-hydrogen) atoms. The fourth-order valence-corrected chi connectivity index (χ4v) is 1.27. The Morgan fingerprint density at radius 2 is 2.24 bits per heavy atom. The van der Waals surface area contributed by atoms with Crippen LogP contribution in [0.1, 0.15) is 19.4 Å². The maximum Gasteiger partial charge on any atom is 0.262 e. The number of hydrogen-bond acceptors (Lipinski definition) is 3. The van der Waals surface area contributed by atoms with Gasteiger partial charge in [0, 0.05) is 6.04 Å². The van der Waals surface area contributed by atoms with Crippen molar-refractivity contribution in [2.45, 2.75) is 19.9 Å². The second-order valence-electron chi connectivity index (χ2n) is 3.89. The van der Waals surface area contributed by atoms with Crippen LogP contribution in [0.5, 0.6) is 5.75 Å². The summed E-state index contributed by atoms with van der Waals surface area (Å²) in [7, 11) is 0. The quantitative estimate of drug-likeness (QED) is 0.614. The van der Waals surface area contributed by atoms with Crippen molar-refractivity contribution in [2.24, 2.45) is 0 Å². The predicted molar refractivity (Wildman–Crippen MR) is 65.0 cm³/mol. The Morgan fingerprint density at radius 1 is 1.53 bits per heavy atom. The molecule has 0 unspecified atom stereocenters. The molecule has 4 nitrogen and oxygen atoms in total. The maximum absolute atomic E-state index is 11.6. The van der Waals surface area contributed by atoms with Crippen molar-refractivity contribution in [1.29, 1.82) is 5.26 Å². The number of phenolic OH excluding ortho intramolecular Hbond substituents is 1. The SMILES string of the molecule is CC(C)NC(=O)/C(C#N)=C\c1cccc(O)c1. The van der Waals surface area contributed by atoms with Crippen LogP contribution in [0.15, 0.2) is 29.8 Å². The van der Waals surface area contributed by atoms with Crippen molar-refractivity contribution >= 4 is 12.0 Å². The van der Waals surface area contributed by atoms with Crippen molar-refractivity contribution in [3.05, 3.63) is 35.4 Å². The van der Waals surface area contributed by atoms with E-state index in [1.807, 2.05) is 19.9 Å². The average Bonchev–Trinajstić information content (AvgIpc) is 2.24. The first-order chi connectivity index (χ1) is 8.02. The van der Waals surface area contributed by atoms with Gasteiger partial charge in [-0.25, -0.2) is 0 Å². The Labute approximate surface area is 100 Å². The molecule has 0 aliphatic carbocycles. The number of hydrogen-bond donors (Lipinski definition) is 2. The minimum atomic E-state index is -0.411. The molecule has 1 aromatic rings. The first kappa shape index (κ1) is 12.8. The molecule has 0 heterocycles. The van der Waals surface area contributed by atoms with Crippen LogP contribution in [-0.2, 0) is 4.79 Å². The van der Waals surface area contributed by atoms with Gasteiger partial charge in [0.2, 0.25) is 0 Å². The zero-order chi connectivity index (χ0) is 12.8. The summed E-state index contributed by atoms with van der Waals surface area (Å²) >= 11 is 0. The number of benzene rings is 1. The van der Waals surface area contributed by atoms with Crippen molar-refractivity contribution < 1.29 is 9.90 Å². The molecular formula is C13H14N2O2. The monoisotopic (exact) mass is 230 g/mol. The van der Waals surface area contributed by atoms with E-state index in [-0.39, 0.29) is 17.4 Å². The Bertz CT molecular complexity index is 484. The standard InChI is InChI=1S/C13H14N2O2/c1-9(2)15-13(17)11(8-14)6-10-4-3-5-12(16)7-10/h3-7,9,16H,1-2H3,(H,15,17)/b11-6-. The lowest BCUT2D eigenvalue weighted by Gasteiger charge is -2.06. The van der Waals surface area contributed by atoms with Gasteiger partial charge in [-0.2, -0.15) is 5.26 Å². The fourth-order valence-electron chi connectivity index (χ4n) is 1.27. The second-order valence-corrected chi connectivity index (χ2v) is 3.89. The first-order valence-corrected chi connectivity index (χ1v) is 5.24. The summed E-state index contributed by atoms with van der Waals surface area (Å²) in [5, 5.41) is 20.8. The minimum Gasteiger partial charge on any atom is -0.508 e. The highest BCUT2D eigenvalue weighted by Gasteiger charge is 2.09. The highest BCUT2D eigenvalue weighted by atomic mass is 16.3. The molecule has 0 saturated carbocycles. The van der Waals surface area contributed by atoms with E-state index in [2.05, 4.69) is 5.32 Å². The van der Waals surface area contributed by atoms with E-state index in [4.69, 9.17) is 5.26 Å². The van der Waals surface area contributed by atoms with Crippen LogP contribution in [0.4, 0.5) is 0 Å². The molecular weight excluding hydrogens is 216 g/mol. The number of aromatic hydroxyl groups is 1. The summed E-state index contributed by atoms with van der Waals surface area (Å²) in [6.45, 7) is 3.64. The summed E-state index contributed by atoms with van der Waals surface area (Å²) in [6.07, 6.45) is 1.44. The minimum absolute atomic E-state index is 0.0179. The van der Waals surface area contributed by atoms with Crippen LogP contribution < -0.4 is 5.32 Å². The number of nitriles is 1. The molecule has 0 atom stereocenters. The molecule has 0 fully saturated rings. The molecule has 0 aliphatic rings. The van der Waals surface area contributed by atoms with Gasteiger partial charge in [0.25, 0.3) is 5.91 Å². The third-order valence-electron chi connectivity index (χ3n) is 1.97. The lowest BCUT2D eigenvalue weighted by atomic mass is 10.1. The van der Waals surface area contributed by atoms with Crippen molar-refractivity contribution in [3.8, 4) is 11.8 Å². The van der Waals surface area contributed by atoms with Crippen molar-refractivity contribution in [1.82, 2.24) is 5.32 Å². The number of phenols is 1. The molecule has 2 N–H and O–H groups in total. The van der Waals surface area contributed by atoms with E-state index in [1.54, 1.807) is 12.1 Å². The Kier molecular flexibility index (Phi) is 4.29. The molecule has 0 aliphatic heterocycles. The number of nitrogens with zero attached hydrogens (tertiary/aromatic N) is 1. The van der Waals surface area contributed by atoms with E-state index in [9.17, 15) is 9.90 Å². The number of nitrogens with one attached hydrogen (secondary N) is 1. The summed E-state index contributed by atoms with van der Waals surface area (Å²) < 4.78 is 0. The fraction of sp³-hybridized carbons (Fsp3) is 0.231. The number of amides is 1. The first-order valence-electron chi connectivity index (χ1n) is 5.24. The van der Waals surface area contributed by atoms with Crippen LogP contribution in [0, 0.1) is 11.3 Å².